The van der Waals surface area contributed by atoms with Crippen LogP contribution in [0.4, 0.5) is 0 Å². The molecular formula is C39H70N4O8. The molecule has 1 unspecified atom stereocenters. The molecule has 1 saturated carbocycles. The number of likely N-dealkylation sites (N-methyl/N-ethyl adjacent to an activating group) is 2. The molecule has 51 heavy (non-hydrogen) atoms. The van der Waals surface area contributed by atoms with Crippen LogP contribution in [0.5, 0.6) is 0 Å². The zero-order valence-corrected chi connectivity index (χ0v) is 33.6. The molecule has 1 amide bonds. The fourth-order valence-corrected chi connectivity index (χ4v) is 8.89. The number of carbonyl (C=O) groups excluding carboxylic acids is 3. The number of methoxy groups -OCH3 is 1. The highest BCUT2D eigenvalue weighted by Gasteiger charge is 2.52. The van der Waals surface area contributed by atoms with Crippen molar-refractivity contribution >= 4 is 17.7 Å². The fourth-order valence-electron chi connectivity index (χ4n) is 8.89. The Kier molecular flexibility index (Phi) is 14.6. The lowest BCUT2D eigenvalue weighted by molar-refractivity contribution is -0.295. The Morgan fingerprint density at radius 1 is 1.06 bits per heavy atom. The van der Waals surface area contributed by atoms with E-state index in [2.05, 4.69) is 23.8 Å². The molecule has 3 saturated heterocycles. The highest BCUT2D eigenvalue weighted by Crippen LogP contribution is 2.39. The van der Waals surface area contributed by atoms with Crippen LogP contribution in [0.15, 0.2) is 0 Å². The first-order valence-corrected chi connectivity index (χ1v) is 19.5. The maximum atomic E-state index is 14.3. The summed E-state index contributed by atoms with van der Waals surface area (Å²) in [6.07, 6.45) is 3.66. The van der Waals surface area contributed by atoms with E-state index in [0.29, 0.717) is 38.9 Å². The smallest absolute Gasteiger partial charge is 0.319 e. The molecule has 1 N–H and O–H groups in total. The minimum Gasteiger partial charge on any atom is -0.463 e. The van der Waals surface area contributed by atoms with Crippen LogP contribution in [0, 0.1) is 29.1 Å². The van der Waals surface area contributed by atoms with Crippen LogP contribution in [-0.4, -0.2) is 159 Å². The Labute approximate surface area is 307 Å². The number of likely N-dealkylation sites (tertiary alicyclic amines) is 1. The van der Waals surface area contributed by atoms with Crippen LogP contribution < -0.4 is 0 Å². The van der Waals surface area contributed by atoms with Crippen molar-refractivity contribution in [1.82, 2.24) is 19.6 Å². The Hall–Kier alpha value is -1.67. The Morgan fingerprint density at radius 2 is 1.73 bits per heavy atom. The maximum Gasteiger partial charge on any atom is 0.319 e. The van der Waals surface area contributed by atoms with Gasteiger partial charge in [0.25, 0.3) is 0 Å². The van der Waals surface area contributed by atoms with Crippen LogP contribution >= 0.6 is 0 Å². The van der Waals surface area contributed by atoms with Crippen molar-refractivity contribution in [3.05, 3.63) is 0 Å². The summed E-state index contributed by atoms with van der Waals surface area (Å²) in [5, 5.41) is 11.4. The van der Waals surface area contributed by atoms with E-state index >= 15 is 0 Å². The van der Waals surface area contributed by atoms with E-state index in [4.69, 9.17) is 18.9 Å². The second-order valence-corrected chi connectivity index (χ2v) is 17.6. The first-order valence-electron chi connectivity index (χ1n) is 19.5. The molecule has 1 aliphatic carbocycles. The molecule has 0 spiro atoms. The van der Waals surface area contributed by atoms with Gasteiger partial charge in [-0.15, -0.1) is 0 Å². The summed E-state index contributed by atoms with van der Waals surface area (Å²) < 4.78 is 25.0. The van der Waals surface area contributed by atoms with Gasteiger partial charge in [0.1, 0.15) is 18.1 Å². The molecule has 12 nitrogen and oxygen atoms in total. The Morgan fingerprint density at radius 3 is 2.31 bits per heavy atom. The lowest BCUT2D eigenvalue weighted by Gasteiger charge is -2.47. The molecule has 4 aliphatic rings. The number of aliphatic hydroxyl groups is 1. The van der Waals surface area contributed by atoms with Gasteiger partial charge >= 0.3 is 5.97 Å². The Bertz CT molecular complexity index is 1180. The highest BCUT2D eigenvalue weighted by atomic mass is 16.7. The van der Waals surface area contributed by atoms with E-state index in [1.54, 1.807) is 27.9 Å². The third-order valence-corrected chi connectivity index (χ3v) is 12.5. The van der Waals surface area contributed by atoms with Crippen LogP contribution in [-0.2, 0) is 33.3 Å². The van der Waals surface area contributed by atoms with Gasteiger partial charge in [-0.05, 0) is 106 Å². The fraction of sp³-hybridized carbons (Fsp3) is 0.923. The van der Waals surface area contributed by atoms with Crippen LogP contribution in [0.2, 0.25) is 0 Å². The summed E-state index contributed by atoms with van der Waals surface area (Å²) in [6, 6.07) is -0.306. The number of ketones is 1. The van der Waals surface area contributed by atoms with Gasteiger partial charge in [0.2, 0.25) is 5.91 Å². The molecule has 294 valence electrons. The third kappa shape index (κ3) is 10.1. The van der Waals surface area contributed by atoms with Crippen molar-refractivity contribution in [2.75, 3.05) is 74.6 Å². The van der Waals surface area contributed by atoms with Crippen molar-refractivity contribution < 1.29 is 38.4 Å². The number of cyclic esters (lactones) is 1. The van der Waals surface area contributed by atoms with Gasteiger partial charge in [0, 0.05) is 63.6 Å². The molecule has 0 radical (unpaired) electrons. The number of ether oxygens (including phenoxy) is 4. The predicted octanol–water partition coefficient (Wildman–Crippen LogP) is 3.29. The van der Waals surface area contributed by atoms with E-state index < -0.39 is 41.4 Å². The van der Waals surface area contributed by atoms with E-state index in [-0.39, 0.29) is 48.3 Å². The number of esters is 1. The van der Waals surface area contributed by atoms with Crippen molar-refractivity contribution in [3.8, 4) is 0 Å². The van der Waals surface area contributed by atoms with Gasteiger partial charge in [-0.3, -0.25) is 19.3 Å². The first-order chi connectivity index (χ1) is 23.9. The number of amides is 1. The molecule has 3 aliphatic heterocycles. The molecular weight excluding hydrogens is 652 g/mol. The molecule has 3 heterocycles. The van der Waals surface area contributed by atoms with Gasteiger partial charge in [0.05, 0.1) is 17.8 Å². The second kappa shape index (κ2) is 17.6. The van der Waals surface area contributed by atoms with Gasteiger partial charge < -0.3 is 38.8 Å². The van der Waals surface area contributed by atoms with Crippen molar-refractivity contribution in [2.24, 2.45) is 29.1 Å². The summed E-state index contributed by atoms with van der Waals surface area (Å²) in [5.74, 6) is -0.446. The SMILES string of the molecule is CO[C@]1(C)C[C@@H](C)CN(C)[C@H](C2CN(C(=O)CCCN(C)CC3CCC3)C2)COC(=O)C(C)(C)C(=O)[C@H](C)[C@H]1OC1O[C@H](C)C[C@H](N(C)C)[C@H]1O. The monoisotopic (exact) mass is 723 g/mol. The maximum absolute atomic E-state index is 14.3. The van der Waals surface area contributed by atoms with Crippen LogP contribution in [0.25, 0.3) is 0 Å². The van der Waals surface area contributed by atoms with Crippen molar-refractivity contribution in [2.45, 2.75) is 129 Å². The number of Topliss-reactive ketones (excluding diaryl/α,β-unsaturated/α-hetero) is 1. The van der Waals surface area contributed by atoms with Gasteiger partial charge in [-0.1, -0.05) is 20.3 Å². The third-order valence-electron chi connectivity index (χ3n) is 12.5. The van der Waals surface area contributed by atoms with E-state index in [1.165, 1.54) is 19.3 Å². The number of carbonyl (C=O) groups is 3. The Balaban J connectivity index is 1.47. The molecule has 4 rings (SSSR count). The number of hydrogen-bond acceptors (Lipinski definition) is 11. The lowest BCUT2D eigenvalue weighted by Crippen LogP contribution is -2.60. The number of aliphatic hydroxyl groups excluding tert-OH is 1. The molecule has 0 aromatic heterocycles. The second-order valence-electron chi connectivity index (χ2n) is 17.6. The molecule has 0 aromatic rings. The summed E-state index contributed by atoms with van der Waals surface area (Å²) in [5.41, 5.74) is -2.42. The quantitative estimate of drug-likeness (QED) is 0.250. The predicted molar refractivity (Wildman–Crippen MR) is 196 cm³/mol. The topological polar surface area (TPSA) is 121 Å². The average molecular weight is 723 g/mol. The van der Waals surface area contributed by atoms with E-state index in [1.807, 2.05) is 44.8 Å². The minimum absolute atomic E-state index is 0.0979. The molecule has 4 fully saturated rings. The average Bonchev–Trinajstić information content (AvgIpc) is 3.02. The summed E-state index contributed by atoms with van der Waals surface area (Å²) in [4.78, 5) is 49.6. The highest BCUT2D eigenvalue weighted by molar-refractivity contribution is 6.04. The number of nitrogens with zero attached hydrogens (tertiary/aromatic N) is 4. The zero-order valence-electron chi connectivity index (χ0n) is 33.6. The summed E-state index contributed by atoms with van der Waals surface area (Å²) >= 11 is 0. The van der Waals surface area contributed by atoms with Crippen molar-refractivity contribution in [3.63, 3.8) is 0 Å². The van der Waals surface area contributed by atoms with Crippen LogP contribution in [0.1, 0.15) is 86.5 Å². The normalized spacial score (nSPS) is 36.5. The van der Waals surface area contributed by atoms with E-state index in [0.717, 1.165) is 25.4 Å². The van der Waals surface area contributed by atoms with Gasteiger partial charge in [-0.25, -0.2) is 0 Å². The molecule has 9 atom stereocenters. The standard InChI is InChI=1S/C39H70N4O8/c1-25-19-39(6,48-11)35(51-36-33(45)30(40(7)8)18-26(2)50-36)27(3)34(46)38(4,5)37(47)49-24-31(42(10)20-25)29-22-43(23-29)32(44)16-13-17-41(9)21-28-14-12-15-28/h25-31,33,35-36,45H,12-24H2,1-11H3/t25-,26-,27+,30+,31+,33-,35-,36?,39-/m1/s1. The first kappa shape index (κ1) is 42.1. The minimum atomic E-state index is -1.46. The van der Waals surface area contributed by atoms with E-state index in [9.17, 15) is 19.5 Å². The van der Waals surface area contributed by atoms with Gasteiger partial charge in [-0.2, -0.15) is 0 Å². The number of rotatable bonds is 11. The zero-order chi connectivity index (χ0) is 37.8. The van der Waals surface area contributed by atoms with Crippen LogP contribution in [0.3, 0.4) is 0 Å². The molecule has 0 bridgehead atoms. The number of hydrogen-bond donors (Lipinski definition) is 1. The molecule has 12 heteroatoms. The lowest BCUT2D eigenvalue weighted by atomic mass is 9.74. The summed E-state index contributed by atoms with van der Waals surface area (Å²) in [7, 11) is 9.66. The molecule has 0 aromatic carbocycles. The summed E-state index contributed by atoms with van der Waals surface area (Å²) in [6.45, 7) is 15.2. The van der Waals surface area contributed by atoms with Gasteiger partial charge in [0.15, 0.2) is 12.1 Å². The van der Waals surface area contributed by atoms with Crippen molar-refractivity contribution in [1.29, 1.82) is 0 Å². The largest absolute Gasteiger partial charge is 0.463 e.